The number of carbonyl (C=O) groups is 1. The third kappa shape index (κ3) is 5.65. The Morgan fingerprint density at radius 1 is 1.09 bits per heavy atom. The van der Waals surface area contributed by atoms with Crippen molar-refractivity contribution in [2.75, 3.05) is 13.1 Å². The van der Waals surface area contributed by atoms with Crippen molar-refractivity contribution in [3.63, 3.8) is 0 Å². The number of aromatic hydroxyl groups is 1. The number of benzene rings is 2. The molecule has 1 fully saturated rings. The summed E-state index contributed by atoms with van der Waals surface area (Å²) in [5, 5.41) is 9.51. The molecule has 1 aliphatic heterocycles. The topological polar surface area (TPSA) is 62.7 Å². The fourth-order valence-corrected chi connectivity index (χ4v) is 3.97. The normalized spacial score (nSPS) is 14.8. The number of ether oxygens (including phenoxy) is 1. The zero-order chi connectivity index (χ0) is 24.3. The Morgan fingerprint density at radius 2 is 1.85 bits per heavy atom. The van der Waals surface area contributed by atoms with Crippen molar-refractivity contribution in [2.24, 2.45) is 5.92 Å². The third-order valence-corrected chi connectivity index (χ3v) is 5.80. The highest BCUT2D eigenvalue weighted by Gasteiger charge is 2.30. The fraction of sp³-hybridized carbons (Fsp3) is 0.280. The van der Waals surface area contributed by atoms with Crippen LogP contribution in [0, 0.1) is 11.7 Å². The molecule has 1 saturated heterocycles. The maximum Gasteiger partial charge on any atom is 0.417 e. The van der Waals surface area contributed by atoms with Crippen LogP contribution >= 0.6 is 0 Å². The molecule has 1 N–H and O–H groups in total. The minimum Gasteiger partial charge on any atom is -0.505 e. The number of nitrogens with zero attached hydrogens (tertiary/aromatic N) is 2. The van der Waals surface area contributed by atoms with Gasteiger partial charge in [0, 0.05) is 30.9 Å². The van der Waals surface area contributed by atoms with Crippen LogP contribution < -0.4 is 4.74 Å². The van der Waals surface area contributed by atoms with Crippen LogP contribution in [0.3, 0.4) is 0 Å². The van der Waals surface area contributed by atoms with Gasteiger partial charge in [-0.1, -0.05) is 12.1 Å². The summed E-state index contributed by atoms with van der Waals surface area (Å²) in [4.78, 5) is 18.1. The van der Waals surface area contributed by atoms with E-state index in [9.17, 15) is 27.5 Å². The van der Waals surface area contributed by atoms with Crippen molar-refractivity contribution >= 4 is 5.91 Å². The number of alkyl halides is 3. The van der Waals surface area contributed by atoms with Gasteiger partial charge >= 0.3 is 6.18 Å². The molecule has 178 valence electrons. The van der Waals surface area contributed by atoms with Crippen LogP contribution in [0.1, 0.15) is 34.3 Å². The summed E-state index contributed by atoms with van der Waals surface area (Å²) in [7, 11) is 0. The standard InChI is InChI=1S/C25H22F4N2O3/c26-21-6-4-18(14-22(21)32)24(33)31-10-8-16(9-11-31)12-17-2-1-3-20(13-17)34-23-7-5-19(15-30-23)25(27,28)29/h1-7,13-16,32H,8-12H2. The number of amides is 1. The fourth-order valence-electron chi connectivity index (χ4n) is 3.97. The lowest BCUT2D eigenvalue weighted by Crippen LogP contribution is -2.38. The van der Waals surface area contributed by atoms with Gasteiger partial charge in [0.05, 0.1) is 5.56 Å². The Bertz CT molecular complexity index is 1160. The van der Waals surface area contributed by atoms with Gasteiger partial charge in [0.15, 0.2) is 11.6 Å². The van der Waals surface area contributed by atoms with E-state index in [2.05, 4.69) is 4.98 Å². The SMILES string of the molecule is O=C(c1ccc(F)c(O)c1)N1CCC(Cc2cccc(Oc3ccc(C(F)(F)F)cn3)c2)CC1. The number of hydrogen-bond donors (Lipinski definition) is 1. The summed E-state index contributed by atoms with van der Waals surface area (Å²) in [6, 6.07) is 13.0. The summed E-state index contributed by atoms with van der Waals surface area (Å²) in [6.07, 6.45) is -1.39. The number of halogens is 4. The van der Waals surface area contributed by atoms with E-state index >= 15 is 0 Å². The van der Waals surface area contributed by atoms with E-state index < -0.39 is 23.3 Å². The monoisotopic (exact) mass is 474 g/mol. The Kier molecular flexibility index (Phi) is 6.72. The number of aromatic nitrogens is 1. The van der Waals surface area contributed by atoms with E-state index in [4.69, 9.17) is 4.74 Å². The van der Waals surface area contributed by atoms with Crippen molar-refractivity contribution in [1.82, 2.24) is 9.88 Å². The number of phenolic OH excluding ortho intramolecular Hbond substituents is 1. The number of pyridine rings is 1. The van der Waals surface area contributed by atoms with E-state index in [0.717, 1.165) is 49.2 Å². The molecule has 1 aliphatic rings. The lowest BCUT2D eigenvalue weighted by atomic mass is 9.90. The Balaban J connectivity index is 1.32. The second-order valence-corrected chi connectivity index (χ2v) is 8.24. The molecule has 1 amide bonds. The third-order valence-electron chi connectivity index (χ3n) is 5.80. The summed E-state index contributed by atoms with van der Waals surface area (Å²) in [5.41, 5.74) is 0.423. The van der Waals surface area contributed by atoms with E-state index in [1.807, 2.05) is 18.2 Å². The number of piperidine rings is 1. The van der Waals surface area contributed by atoms with Crippen LogP contribution in [0.25, 0.3) is 0 Å². The number of likely N-dealkylation sites (tertiary alicyclic amines) is 1. The van der Waals surface area contributed by atoms with E-state index in [-0.39, 0.29) is 17.4 Å². The summed E-state index contributed by atoms with van der Waals surface area (Å²) in [5.74, 6) is -0.666. The Labute approximate surface area is 193 Å². The van der Waals surface area contributed by atoms with E-state index in [1.54, 1.807) is 11.0 Å². The van der Waals surface area contributed by atoms with Gasteiger partial charge in [0.1, 0.15) is 5.75 Å². The number of phenols is 1. The number of rotatable bonds is 5. The van der Waals surface area contributed by atoms with Crippen LogP contribution in [0.4, 0.5) is 17.6 Å². The van der Waals surface area contributed by atoms with Crippen molar-refractivity contribution in [3.05, 3.63) is 83.3 Å². The van der Waals surface area contributed by atoms with Crippen molar-refractivity contribution in [3.8, 4) is 17.4 Å². The first-order chi connectivity index (χ1) is 16.2. The van der Waals surface area contributed by atoms with E-state index in [1.165, 1.54) is 12.1 Å². The highest BCUT2D eigenvalue weighted by atomic mass is 19.4. The summed E-state index contributed by atoms with van der Waals surface area (Å²) < 4.78 is 56.9. The largest absolute Gasteiger partial charge is 0.505 e. The van der Waals surface area contributed by atoms with Gasteiger partial charge in [-0.25, -0.2) is 9.37 Å². The maximum absolute atomic E-state index is 13.2. The van der Waals surface area contributed by atoms with E-state index in [0.29, 0.717) is 24.8 Å². The van der Waals surface area contributed by atoms with Crippen LogP contribution in [-0.4, -0.2) is 34.0 Å². The Hall–Kier alpha value is -3.62. The lowest BCUT2D eigenvalue weighted by molar-refractivity contribution is -0.137. The molecule has 0 radical (unpaired) electrons. The first-order valence-corrected chi connectivity index (χ1v) is 10.8. The second kappa shape index (κ2) is 9.70. The molecule has 5 nitrogen and oxygen atoms in total. The van der Waals surface area contributed by atoms with Crippen LogP contribution in [-0.2, 0) is 12.6 Å². The summed E-state index contributed by atoms with van der Waals surface area (Å²) in [6.45, 7) is 1.10. The molecule has 0 atom stereocenters. The van der Waals surface area contributed by atoms with Crippen LogP contribution in [0.15, 0.2) is 60.8 Å². The van der Waals surface area contributed by atoms with Gasteiger partial charge in [-0.05, 0) is 67.1 Å². The number of hydrogen-bond acceptors (Lipinski definition) is 4. The smallest absolute Gasteiger partial charge is 0.417 e. The molecular weight excluding hydrogens is 452 g/mol. The maximum atomic E-state index is 13.2. The first kappa shape index (κ1) is 23.5. The second-order valence-electron chi connectivity index (χ2n) is 8.24. The molecule has 1 aromatic heterocycles. The minimum atomic E-state index is -4.45. The number of carbonyl (C=O) groups excluding carboxylic acids is 1. The van der Waals surface area contributed by atoms with Crippen LogP contribution in [0.2, 0.25) is 0 Å². The first-order valence-electron chi connectivity index (χ1n) is 10.8. The molecule has 34 heavy (non-hydrogen) atoms. The predicted molar refractivity (Wildman–Crippen MR) is 116 cm³/mol. The summed E-state index contributed by atoms with van der Waals surface area (Å²) >= 11 is 0. The molecule has 4 rings (SSSR count). The highest BCUT2D eigenvalue weighted by molar-refractivity contribution is 5.94. The molecule has 2 aromatic carbocycles. The van der Waals surface area contributed by atoms with Gasteiger partial charge in [-0.2, -0.15) is 13.2 Å². The average Bonchev–Trinajstić information content (AvgIpc) is 2.81. The Morgan fingerprint density at radius 3 is 2.50 bits per heavy atom. The van der Waals surface area contributed by atoms with Crippen molar-refractivity contribution in [1.29, 1.82) is 0 Å². The molecule has 0 spiro atoms. The molecule has 0 saturated carbocycles. The molecule has 3 aromatic rings. The van der Waals surface area contributed by atoms with Gasteiger partial charge in [0.2, 0.25) is 5.88 Å². The van der Waals surface area contributed by atoms with Crippen molar-refractivity contribution < 1.29 is 32.2 Å². The van der Waals surface area contributed by atoms with Gasteiger partial charge in [-0.15, -0.1) is 0 Å². The van der Waals surface area contributed by atoms with Gasteiger partial charge < -0.3 is 14.7 Å². The molecule has 0 aliphatic carbocycles. The van der Waals surface area contributed by atoms with Crippen molar-refractivity contribution in [2.45, 2.75) is 25.4 Å². The molecule has 0 bridgehead atoms. The zero-order valence-electron chi connectivity index (χ0n) is 18.1. The average molecular weight is 474 g/mol. The molecule has 2 heterocycles. The molecule has 0 unspecified atom stereocenters. The minimum absolute atomic E-state index is 0.0730. The van der Waals surface area contributed by atoms with Gasteiger partial charge in [-0.3, -0.25) is 4.79 Å². The van der Waals surface area contributed by atoms with Gasteiger partial charge in [0.25, 0.3) is 5.91 Å². The lowest BCUT2D eigenvalue weighted by Gasteiger charge is -2.32. The zero-order valence-corrected chi connectivity index (χ0v) is 18.1. The quantitative estimate of drug-likeness (QED) is 0.473. The molecule has 9 heteroatoms. The predicted octanol–water partition coefficient (Wildman–Crippen LogP) is 5.83. The van der Waals surface area contributed by atoms with Crippen LogP contribution in [0.5, 0.6) is 17.4 Å². The molecular formula is C25H22F4N2O3. The highest BCUT2D eigenvalue weighted by Crippen LogP contribution is 2.31.